The molecular formula is C29H16N4O2. The van der Waals surface area contributed by atoms with Crippen molar-refractivity contribution in [3.8, 4) is 22.5 Å². The maximum atomic E-state index is 6.20. The van der Waals surface area contributed by atoms with E-state index < -0.39 is 0 Å². The smallest absolute Gasteiger partial charge is 0.234 e. The zero-order chi connectivity index (χ0) is 22.9. The molecule has 0 radical (unpaired) electrons. The summed E-state index contributed by atoms with van der Waals surface area (Å²) in [5.74, 6) is 0.657. The van der Waals surface area contributed by atoms with Gasteiger partial charge in [-0.15, -0.1) is 0 Å². The minimum absolute atomic E-state index is 0.657. The van der Waals surface area contributed by atoms with Crippen molar-refractivity contribution in [1.29, 1.82) is 0 Å². The highest BCUT2D eigenvalue weighted by atomic mass is 16.3. The van der Waals surface area contributed by atoms with Crippen LogP contribution in [-0.4, -0.2) is 19.4 Å². The number of benzene rings is 3. The Morgan fingerprint density at radius 2 is 1.37 bits per heavy atom. The van der Waals surface area contributed by atoms with Gasteiger partial charge in [0.05, 0.1) is 5.69 Å². The summed E-state index contributed by atoms with van der Waals surface area (Å²) in [6.45, 7) is 0. The molecule has 0 atom stereocenters. The molecule has 0 N–H and O–H groups in total. The minimum atomic E-state index is 0.657. The molecular weight excluding hydrogens is 436 g/mol. The zero-order valence-electron chi connectivity index (χ0n) is 18.3. The summed E-state index contributed by atoms with van der Waals surface area (Å²) in [7, 11) is 0. The minimum Gasteiger partial charge on any atom is -0.456 e. The van der Waals surface area contributed by atoms with Crippen LogP contribution in [0.1, 0.15) is 0 Å². The molecule has 0 aliphatic heterocycles. The Morgan fingerprint density at radius 3 is 2.20 bits per heavy atom. The number of aromatic nitrogens is 4. The molecule has 5 aromatic heterocycles. The highest BCUT2D eigenvalue weighted by Crippen LogP contribution is 2.38. The Balaban J connectivity index is 1.23. The maximum Gasteiger partial charge on any atom is 0.234 e. The summed E-state index contributed by atoms with van der Waals surface area (Å²) < 4.78 is 14.2. The number of nitrogens with zero attached hydrogens (tertiary/aromatic N) is 4. The predicted molar refractivity (Wildman–Crippen MR) is 136 cm³/mol. The monoisotopic (exact) mass is 452 g/mol. The first-order valence-electron chi connectivity index (χ1n) is 11.3. The average Bonchev–Trinajstić information content (AvgIpc) is 3.60. The molecule has 35 heavy (non-hydrogen) atoms. The molecule has 5 heterocycles. The first-order chi connectivity index (χ1) is 17.3. The fraction of sp³-hybridized carbons (Fsp3) is 0. The second-order valence-corrected chi connectivity index (χ2v) is 8.64. The normalized spacial score (nSPS) is 12.0. The van der Waals surface area contributed by atoms with Crippen LogP contribution in [0.2, 0.25) is 0 Å². The molecule has 0 fully saturated rings. The van der Waals surface area contributed by atoms with Crippen LogP contribution in [0, 0.1) is 0 Å². The van der Waals surface area contributed by atoms with E-state index in [0.29, 0.717) is 5.78 Å². The molecule has 0 saturated heterocycles. The summed E-state index contributed by atoms with van der Waals surface area (Å²) >= 11 is 0. The van der Waals surface area contributed by atoms with Gasteiger partial charge in [-0.2, -0.15) is 0 Å². The third-order valence-electron chi connectivity index (χ3n) is 6.56. The van der Waals surface area contributed by atoms with Gasteiger partial charge in [0.15, 0.2) is 0 Å². The highest BCUT2D eigenvalue weighted by molar-refractivity contribution is 6.15. The van der Waals surface area contributed by atoms with Gasteiger partial charge in [0.25, 0.3) is 0 Å². The van der Waals surface area contributed by atoms with Crippen molar-refractivity contribution in [3.05, 3.63) is 97.6 Å². The fourth-order valence-corrected chi connectivity index (χ4v) is 4.84. The summed E-state index contributed by atoms with van der Waals surface area (Å²) in [5, 5.41) is 4.25. The Bertz CT molecular complexity index is 2030. The van der Waals surface area contributed by atoms with Crippen LogP contribution in [0.25, 0.3) is 72.2 Å². The van der Waals surface area contributed by atoms with Crippen LogP contribution in [0.4, 0.5) is 0 Å². The Labute approximate surface area is 198 Å². The number of hydrogen-bond acceptors (Lipinski definition) is 5. The molecule has 8 aromatic rings. The number of fused-ring (bicyclic) bond motifs is 7. The van der Waals surface area contributed by atoms with Crippen molar-refractivity contribution in [2.75, 3.05) is 0 Å². The third kappa shape index (κ3) is 2.74. The largest absolute Gasteiger partial charge is 0.456 e. The van der Waals surface area contributed by atoms with Gasteiger partial charge in [-0.1, -0.05) is 30.3 Å². The molecule has 6 heteroatoms. The van der Waals surface area contributed by atoms with Crippen LogP contribution < -0.4 is 0 Å². The van der Waals surface area contributed by atoms with Crippen molar-refractivity contribution in [2.24, 2.45) is 0 Å². The summed E-state index contributed by atoms with van der Waals surface area (Å²) in [6.07, 6.45) is 7.48. The van der Waals surface area contributed by atoms with Crippen LogP contribution in [0.15, 0.2) is 106 Å². The number of rotatable bonds is 2. The topological polar surface area (TPSA) is 69.4 Å². The lowest BCUT2D eigenvalue weighted by Gasteiger charge is -2.03. The van der Waals surface area contributed by atoms with Gasteiger partial charge in [-0.05, 0) is 48.0 Å². The highest BCUT2D eigenvalue weighted by Gasteiger charge is 2.14. The van der Waals surface area contributed by atoms with Crippen LogP contribution in [0.5, 0.6) is 0 Å². The molecule has 0 aliphatic carbocycles. The molecule has 0 aliphatic rings. The van der Waals surface area contributed by atoms with Crippen molar-refractivity contribution in [1.82, 2.24) is 19.4 Å². The number of furan rings is 2. The van der Waals surface area contributed by atoms with Gasteiger partial charge in [0.1, 0.15) is 28.0 Å². The zero-order valence-corrected chi connectivity index (χ0v) is 18.3. The van der Waals surface area contributed by atoms with E-state index in [9.17, 15) is 0 Å². The molecule has 0 spiro atoms. The number of para-hydroxylation sites is 1. The quantitative estimate of drug-likeness (QED) is 0.276. The SMILES string of the molecule is c1ccc2c(c1)oc1cc3c(cc12)oc1ccc(-c2ccc(-c4cn5cccnc5n4)nc2)cc13. The van der Waals surface area contributed by atoms with Gasteiger partial charge >= 0.3 is 0 Å². The van der Waals surface area contributed by atoms with Crippen molar-refractivity contribution < 1.29 is 8.83 Å². The molecule has 3 aromatic carbocycles. The Kier molecular flexibility index (Phi) is 3.57. The van der Waals surface area contributed by atoms with E-state index in [-0.39, 0.29) is 0 Å². The van der Waals surface area contributed by atoms with E-state index in [1.807, 2.05) is 59.4 Å². The molecule has 0 unspecified atom stereocenters. The standard InChI is InChI=1S/C29H16N4O2/c1-2-5-25-19(4-1)21-13-28-22(14-27(21)34-25)20-12-17(7-9-26(20)35-28)18-6-8-23(31-15-18)24-16-33-11-3-10-30-29(33)32-24/h1-16H. The lowest BCUT2D eigenvalue weighted by atomic mass is 10.0. The number of hydrogen-bond donors (Lipinski definition) is 0. The molecule has 8 rings (SSSR count). The van der Waals surface area contributed by atoms with E-state index in [2.05, 4.69) is 51.4 Å². The maximum absolute atomic E-state index is 6.20. The van der Waals surface area contributed by atoms with Gasteiger partial charge in [-0.3, -0.25) is 9.38 Å². The fourth-order valence-electron chi connectivity index (χ4n) is 4.84. The third-order valence-corrected chi connectivity index (χ3v) is 6.56. The first kappa shape index (κ1) is 18.5. The second kappa shape index (κ2) is 6.77. The van der Waals surface area contributed by atoms with Gasteiger partial charge in [0.2, 0.25) is 5.78 Å². The van der Waals surface area contributed by atoms with Crippen molar-refractivity contribution in [3.63, 3.8) is 0 Å². The summed E-state index contributed by atoms with van der Waals surface area (Å²) in [5.41, 5.74) is 7.14. The average molecular weight is 452 g/mol. The summed E-state index contributed by atoms with van der Waals surface area (Å²) in [4.78, 5) is 13.5. The Hall–Kier alpha value is -4.97. The van der Waals surface area contributed by atoms with E-state index >= 15 is 0 Å². The van der Waals surface area contributed by atoms with Crippen LogP contribution in [-0.2, 0) is 0 Å². The van der Waals surface area contributed by atoms with Crippen molar-refractivity contribution >= 4 is 49.7 Å². The van der Waals surface area contributed by atoms with Crippen molar-refractivity contribution in [2.45, 2.75) is 0 Å². The second-order valence-electron chi connectivity index (χ2n) is 8.64. The molecule has 0 amide bonds. The molecule has 0 bridgehead atoms. The van der Waals surface area contributed by atoms with Gasteiger partial charge in [-0.25, -0.2) is 9.97 Å². The molecule has 0 saturated carbocycles. The Morgan fingerprint density at radius 1 is 0.600 bits per heavy atom. The number of pyridine rings is 1. The van der Waals surface area contributed by atoms with E-state index in [4.69, 9.17) is 8.83 Å². The predicted octanol–water partition coefficient (Wildman–Crippen LogP) is 7.26. The number of imidazole rings is 1. The van der Waals surface area contributed by atoms with E-state index in [0.717, 1.165) is 66.4 Å². The summed E-state index contributed by atoms with van der Waals surface area (Å²) in [6, 6.07) is 24.4. The van der Waals surface area contributed by atoms with Crippen LogP contribution in [0.3, 0.4) is 0 Å². The van der Waals surface area contributed by atoms with Crippen LogP contribution >= 0.6 is 0 Å². The molecule has 164 valence electrons. The van der Waals surface area contributed by atoms with E-state index in [1.165, 1.54) is 0 Å². The van der Waals surface area contributed by atoms with Gasteiger partial charge in [0, 0.05) is 51.9 Å². The first-order valence-corrected chi connectivity index (χ1v) is 11.3. The van der Waals surface area contributed by atoms with E-state index in [1.54, 1.807) is 6.20 Å². The lowest BCUT2D eigenvalue weighted by Crippen LogP contribution is -1.85. The van der Waals surface area contributed by atoms with Gasteiger partial charge < -0.3 is 8.83 Å². The molecule has 6 nitrogen and oxygen atoms in total. The lowest BCUT2D eigenvalue weighted by molar-refractivity contribution is 0.664.